The van der Waals surface area contributed by atoms with Gasteiger partial charge in [0.05, 0.1) is 36.6 Å². The fourth-order valence-corrected chi connectivity index (χ4v) is 6.55. The Morgan fingerprint density at radius 1 is 1.12 bits per heavy atom. The molecule has 0 saturated heterocycles. The number of benzene rings is 2. The summed E-state index contributed by atoms with van der Waals surface area (Å²) in [6.45, 7) is 3.55. The molecule has 3 aliphatic carbocycles. The second kappa shape index (κ2) is 11.5. The number of ether oxygens (including phenoxy) is 2. The minimum Gasteiger partial charge on any atom is -0.493 e. The molecule has 4 atom stereocenters. The maximum absolute atomic E-state index is 15.1. The van der Waals surface area contributed by atoms with E-state index in [9.17, 15) is 35.9 Å². The minimum atomic E-state index is -4.98. The van der Waals surface area contributed by atoms with Crippen LogP contribution in [0.25, 0.3) is 11.1 Å². The number of alkyl halides is 3. The maximum atomic E-state index is 15.1. The standard InChI is InChI=1S/C31H29F5O6S/c1-16-4-6-20-17(10-23-28(20)29(23)30(37)38)12-27(16)42-15-18-11-22(24(14-25(18)32)31(34,35)36)21-7-5-19(13-26(21)33)41-8-3-9-43(2,39)40/h5-7,11-14,23,27-29H,1,3-4,8-10,15H2,2H3,(H,37,38). The van der Waals surface area contributed by atoms with Crippen LogP contribution in [0.2, 0.25) is 0 Å². The average molecular weight is 625 g/mol. The first kappa shape index (κ1) is 30.9. The molecule has 2 aromatic carbocycles. The second-order valence-electron chi connectivity index (χ2n) is 11.2. The van der Waals surface area contributed by atoms with E-state index in [2.05, 4.69) is 6.58 Å². The van der Waals surface area contributed by atoms with Crippen LogP contribution in [0, 0.1) is 29.4 Å². The molecule has 5 rings (SSSR count). The van der Waals surface area contributed by atoms with Gasteiger partial charge in [-0.3, -0.25) is 4.79 Å². The van der Waals surface area contributed by atoms with Crippen molar-refractivity contribution in [1.29, 1.82) is 0 Å². The molecule has 0 aromatic heterocycles. The quantitative estimate of drug-likeness (QED) is 0.184. The van der Waals surface area contributed by atoms with Crippen molar-refractivity contribution in [2.75, 3.05) is 18.6 Å². The van der Waals surface area contributed by atoms with Crippen molar-refractivity contribution in [3.63, 3.8) is 0 Å². The molecule has 0 bridgehead atoms. The lowest BCUT2D eigenvalue weighted by Crippen LogP contribution is -2.15. The highest BCUT2D eigenvalue weighted by atomic mass is 32.2. The average Bonchev–Trinajstić information content (AvgIpc) is 3.55. The zero-order chi connectivity index (χ0) is 31.3. The number of carbonyl (C=O) groups is 1. The van der Waals surface area contributed by atoms with Crippen molar-refractivity contribution in [2.24, 2.45) is 17.8 Å². The molecule has 0 amide bonds. The third kappa shape index (κ3) is 6.70. The monoisotopic (exact) mass is 624 g/mol. The smallest absolute Gasteiger partial charge is 0.417 e. The van der Waals surface area contributed by atoms with Gasteiger partial charge >= 0.3 is 12.1 Å². The lowest BCUT2D eigenvalue weighted by atomic mass is 9.96. The lowest BCUT2D eigenvalue weighted by Gasteiger charge is -2.19. The second-order valence-corrected chi connectivity index (χ2v) is 13.4. The summed E-state index contributed by atoms with van der Waals surface area (Å²) < 4.78 is 106. The highest BCUT2D eigenvalue weighted by molar-refractivity contribution is 7.90. The van der Waals surface area contributed by atoms with Gasteiger partial charge in [0.25, 0.3) is 0 Å². The molecule has 2 aromatic rings. The number of rotatable bonds is 10. The van der Waals surface area contributed by atoms with Crippen LogP contribution in [-0.4, -0.2) is 44.2 Å². The number of aliphatic carboxylic acids is 1. The van der Waals surface area contributed by atoms with Crippen LogP contribution < -0.4 is 4.74 Å². The van der Waals surface area contributed by atoms with Gasteiger partial charge in [0.2, 0.25) is 0 Å². The number of carboxylic acid groups (broad SMARTS) is 1. The number of hydrogen-bond donors (Lipinski definition) is 1. The summed E-state index contributed by atoms with van der Waals surface area (Å²) in [6.07, 6.45) is 0.266. The number of carboxylic acids is 1. The Balaban J connectivity index is 1.35. The topological polar surface area (TPSA) is 89.9 Å². The first-order chi connectivity index (χ1) is 20.1. The van der Waals surface area contributed by atoms with Gasteiger partial charge < -0.3 is 14.6 Å². The van der Waals surface area contributed by atoms with Crippen LogP contribution in [-0.2, 0) is 32.2 Å². The lowest BCUT2D eigenvalue weighted by molar-refractivity contribution is -0.139. The molecule has 4 unspecified atom stereocenters. The number of hydrogen-bond acceptors (Lipinski definition) is 5. The number of sulfone groups is 1. The van der Waals surface area contributed by atoms with Gasteiger partial charge in [-0.2, -0.15) is 13.2 Å². The molecule has 6 nitrogen and oxygen atoms in total. The Kier molecular flexibility index (Phi) is 8.30. The SMILES string of the molecule is C=C1CC=C2C(=CC1OCc1cc(-c3ccc(OCCCS(C)(=O)=O)cc3F)c(C(F)(F)F)cc1F)CC1C(C(=O)O)C21. The highest BCUT2D eigenvalue weighted by Gasteiger charge is 2.61. The van der Waals surface area contributed by atoms with Crippen molar-refractivity contribution in [1.82, 2.24) is 0 Å². The summed E-state index contributed by atoms with van der Waals surface area (Å²) in [7, 11) is -3.21. The molecule has 3 aliphatic rings. The Morgan fingerprint density at radius 2 is 1.86 bits per heavy atom. The first-order valence-electron chi connectivity index (χ1n) is 13.6. The van der Waals surface area contributed by atoms with E-state index in [1.165, 1.54) is 6.07 Å². The van der Waals surface area contributed by atoms with Gasteiger partial charge in [-0.05, 0) is 77.8 Å². The van der Waals surface area contributed by atoms with Crippen LogP contribution in [0.3, 0.4) is 0 Å². The normalized spacial score (nSPS) is 23.2. The first-order valence-corrected chi connectivity index (χ1v) is 15.6. The molecule has 0 spiro atoms. The number of fused-ring (bicyclic) bond motifs is 3. The molecule has 12 heteroatoms. The molecule has 2 fully saturated rings. The van der Waals surface area contributed by atoms with Crippen LogP contribution in [0.1, 0.15) is 30.4 Å². The fourth-order valence-electron chi connectivity index (χ4n) is 5.91. The summed E-state index contributed by atoms with van der Waals surface area (Å²) in [5, 5.41) is 9.39. The van der Waals surface area contributed by atoms with E-state index in [0.29, 0.717) is 24.5 Å². The van der Waals surface area contributed by atoms with Gasteiger partial charge in [-0.1, -0.05) is 12.7 Å². The molecule has 0 radical (unpaired) electrons. The van der Waals surface area contributed by atoms with E-state index in [-0.39, 0.29) is 41.9 Å². The molecule has 0 heterocycles. The van der Waals surface area contributed by atoms with Crippen LogP contribution in [0.4, 0.5) is 22.0 Å². The van der Waals surface area contributed by atoms with E-state index in [4.69, 9.17) is 9.47 Å². The Hall–Kier alpha value is -3.51. The van der Waals surface area contributed by atoms with Crippen molar-refractivity contribution in [2.45, 2.75) is 38.1 Å². The van der Waals surface area contributed by atoms with Gasteiger partial charge in [-0.15, -0.1) is 0 Å². The summed E-state index contributed by atoms with van der Waals surface area (Å²) >= 11 is 0. The molecule has 43 heavy (non-hydrogen) atoms. The highest BCUT2D eigenvalue weighted by Crippen LogP contribution is 2.63. The van der Waals surface area contributed by atoms with Crippen LogP contribution in [0.15, 0.2) is 65.8 Å². The van der Waals surface area contributed by atoms with Crippen LogP contribution >= 0.6 is 0 Å². The predicted octanol–water partition coefficient (Wildman–Crippen LogP) is 6.51. The molecular weight excluding hydrogens is 595 g/mol. The van der Waals surface area contributed by atoms with E-state index < -0.39 is 68.9 Å². The van der Waals surface area contributed by atoms with Gasteiger partial charge in [-0.25, -0.2) is 17.2 Å². The van der Waals surface area contributed by atoms with Crippen molar-refractivity contribution in [3.8, 4) is 16.9 Å². The van der Waals surface area contributed by atoms with Crippen molar-refractivity contribution < 1.29 is 49.7 Å². The fraction of sp³-hybridized carbons (Fsp3) is 0.387. The van der Waals surface area contributed by atoms with Crippen LogP contribution in [0.5, 0.6) is 5.75 Å². The Bertz CT molecular complexity index is 1640. The Labute approximate surface area is 245 Å². The summed E-state index contributed by atoms with van der Waals surface area (Å²) in [6, 6.07) is 4.48. The summed E-state index contributed by atoms with van der Waals surface area (Å²) in [5.74, 6) is -3.61. The van der Waals surface area contributed by atoms with E-state index in [1.807, 2.05) is 12.2 Å². The van der Waals surface area contributed by atoms with Gasteiger partial charge in [0.15, 0.2) is 0 Å². The zero-order valence-corrected chi connectivity index (χ0v) is 23.9. The number of allylic oxidation sites excluding steroid dienone is 3. The zero-order valence-electron chi connectivity index (χ0n) is 23.1. The number of halogens is 5. The molecule has 2 saturated carbocycles. The maximum Gasteiger partial charge on any atom is 0.417 e. The third-order valence-corrected chi connectivity index (χ3v) is 9.08. The van der Waals surface area contributed by atoms with Crippen molar-refractivity contribution in [3.05, 3.63) is 88.5 Å². The van der Waals surface area contributed by atoms with E-state index in [1.54, 1.807) is 0 Å². The molecule has 230 valence electrons. The third-order valence-electron chi connectivity index (χ3n) is 8.05. The minimum absolute atomic E-state index is 0.00101. The largest absolute Gasteiger partial charge is 0.493 e. The predicted molar refractivity (Wildman–Crippen MR) is 148 cm³/mol. The molecule has 1 N–H and O–H groups in total. The van der Waals surface area contributed by atoms with Gasteiger partial charge in [0.1, 0.15) is 27.2 Å². The summed E-state index contributed by atoms with van der Waals surface area (Å²) in [5.41, 5.74) is -0.0633. The van der Waals surface area contributed by atoms with Gasteiger partial charge in [0, 0.05) is 29.4 Å². The molecule has 0 aliphatic heterocycles. The summed E-state index contributed by atoms with van der Waals surface area (Å²) in [4.78, 5) is 11.4. The molecular formula is C31H29F5O6S. The van der Waals surface area contributed by atoms with Crippen molar-refractivity contribution >= 4 is 15.8 Å². The van der Waals surface area contributed by atoms with E-state index in [0.717, 1.165) is 35.6 Å². The Morgan fingerprint density at radius 3 is 2.51 bits per heavy atom. The van der Waals surface area contributed by atoms with E-state index >= 15 is 4.39 Å².